The number of hydrogen-bond acceptors (Lipinski definition) is 3. The van der Waals surface area contributed by atoms with E-state index in [9.17, 15) is 9.59 Å². The highest BCUT2D eigenvalue weighted by molar-refractivity contribution is 6.36. The zero-order valence-electron chi connectivity index (χ0n) is 15.1. The van der Waals surface area contributed by atoms with Crippen LogP contribution in [0.5, 0.6) is 0 Å². The molecule has 0 aromatic heterocycles. The minimum Gasteiger partial charge on any atom is -0.350 e. The van der Waals surface area contributed by atoms with Gasteiger partial charge in [0.05, 0.1) is 5.57 Å². The van der Waals surface area contributed by atoms with Gasteiger partial charge in [0, 0.05) is 17.6 Å². The SMILES string of the molecule is CCCN1C(=O)C(Nc2cccc3ccccc23)=C(c2ccccc2)C1=O. The highest BCUT2D eigenvalue weighted by Gasteiger charge is 2.38. The molecular weight excluding hydrogens is 336 g/mol. The number of carbonyl (C=O) groups excluding carboxylic acids is 2. The molecule has 0 saturated carbocycles. The van der Waals surface area contributed by atoms with Gasteiger partial charge < -0.3 is 5.32 Å². The number of amides is 2. The van der Waals surface area contributed by atoms with Crippen LogP contribution in [0.3, 0.4) is 0 Å². The average molecular weight is 356 g/mol. The topological polar surface area (TPSA) is 49.4 Å². The number of nitrogens with one attached hydrogen (secondary N) is 1. The minimum absolute atomic E-state index is 0.240. The second-order valence-electron chi connectivity index (χ2n) is 6.53. The third kappa shape index (κ3) is 2.99. The number of fused-ring (bicyclic) bond motifs is 1. The second kappa shape index (κ2) is 7.08. The van der Waals surface area contributed by atoms with Crippen molar-refractivity contribution in [3.63, 3.8) is 0 Å². The van der Waals surface area contributed by atoms with Gasteiger partial charge in [-0.3, -0.25) is 14.5 Å². The molecule has 4 rings (SSSR count). The molecule has 0 unspecified atom stereocenters. The van der Waals surface area contributed by atoms with Gasteiger partial charge in [-0.2, -0.15) is 0 Å². The van der Waals surface area contributed by atoms with Crippen molar-refractivity contribution >= 4 is 33.8 Å². The molecule has 0 fully saturated rings. The van der Waals surface area contributed by atoms with Gasteiger partial charge in [-0.25, -0.2) is 0 Å². The van der Waals surface area contributed by atoms with Crippen LogP contribution in [-0.4, -0.2) is 23.3 Å². The van der Waals surface area contributed by atoms with E-state index in [0.29, 0.717) is 17.8 Å². The molecule has 3 aromatic rings. The highest BCUT2D eigenvalue weighted by Crippen LogP contribution is 2.32. The third-order valence-electron chi connectivity index (χ3n) is 4.73. The number of benzene rings is 3. The number of anilines is 1. The lowest BCUT2D eigenvalue weighted by Crippen LogP contribution is -2.33. The maximum absolute atomic E-state index is 13.0. The Kier molecular flexibility index (Phi) is 4.47. The number of imide groups is 1. The normalized spacial score (nSPS) is 14.3. The van der Waals surface area contributed by atoms with Crippen LogP contribution in [0.2, 0.25) is 0 Å². The van der Waals surface area contributed by atoms with Crippen molar-refractivity contribution in [1.29, 1.82) is 0 Å². The highest BCUT2D eigenvalue weighted by atomic mass is 16.2. The van der Waals surface area contributed by atoms with Crippen LogP contribution in [-0.2, 0) is 9.59 Å². The molecule has 0 radical (unpaired) electrons. The van der Waals surface area contributed by atoms with Crippen LogP contribution < -0.4 is 5.32 Å². The molecule has 27 heavy (non-hydrogen) atoms. The van der Waals surface area contributed by atoms with Crippen molar-refractivity contribution < 1.29 is 9.59 Å². The summed E-state index contributed by atoms with van der Waals surface area (Å²) in [6, 6.07) is 23.2. The predicted molar refractivity (Wildman–Crippen MR) is 108 cm³/mol. The van der Waals surface area contributed by atoms with Gasteiger partial charge in [-0.15, -0.1) is 0 Å². The van der Waals surface area contributed by atoms with Crippen LogP contribution in [0.15, 0.2) is 78.5 Å². The van der Waals surface area contributed by atoms with Gasteiger partial charge in [-0.05, 0) is 23.4 Å². The van der Waals surface area contributed by atoms with Gasteiger partial charge in [0.25, 0.3) is 11.8 Å². The lowest BCUT2D eigenvalue weighted by Gasteiger charge is -2.14. The van der Waals surface area contributed by atoms with Gasteiger partial charge in [0.1, 0.15) is 5.70 Å². The van der Waals surface area contributed by atoms with E-state index in [1.807, 2.05) is 79.7 Å². The van der Waals surface area contributed by atoms with E-state index in [2.05, 4.69) is 5.32 Å². The molecule has 0 atom stereocenters. The Morgan fingerprint density at radius 1 is 0.815 bits per heavy atom. The molecule has 134 valence electrons. The molecule has 4 heteroatoms. The van der Waals surface area contributed by atoms with Crippen molar-refractivity contribution in [3.8, 4) is 0 Å². The molecule has 1 aliphatic heterocycles. The fourth-order valence-corrected chi connectivity index (χ4v) is 3.46. The number of hydrogen-bond donors (Lipinski definition) is 1. The maximum Gasteiger partial charge on any atom is 0.278 e. The van der Waals surface area contributed by atoms with Crippen LogP contribution >= 0.6 is 0 Å². The van der Waals surface area contributed by atoms with Gasteiger partial charge >= 0.3 is 0 Å². The molecule has 0 aliphatic carbocycles. The summed E-state index contributed by atoms with van der Waals surface area (Å²) in [7, 11) is 0. The molecule has 1 aliphatic rings. The molecule has 0 saturated heterocycles. The summed E-state index contributed by atoms with van der Waals surface area (Å²) >= 11 is 0. The Labute approximate surface area is 158 Å². The predicted octanol–water partition coefficient (Wildman–Crippen LogP) is 4.44. The van der Waals surface area contributed by atoms with E-state index in [0.717, 1.165) is 28.4 Å². The smallest absolute Gasteiger partial charge is 0.278 e. The summed E-state index contributed by atoms with van der Waals surface area (Å²) in [6.45, 7) is 2.37. The summed E-state index contributed by atoms with van der Waals surface area (Å²) in [5.41, 5.74) is 2.34. The van der Waals surface area contributed by atoms with E-state index < -0.39 is 0 Å². The van der Waals surface area contributed by atoms with Crippen LogP contribution in [0.25, 0.3) is 16.3 Å². The first-order chi connectivity index (χ1) is 13.2. The van der Waals surface area contributed by atoms with Crippen molar-refractivity contribution in [3.05, 3.63) is 84.1 Å². The molecule has 1 heterocycles. The Balaban J connectivity index is 1.84. The van der Waals surface area contributed by atoms with Crippen molar-refractivity contribution in [1.82, 2.24) is 4.90 Å². The van der Waals surface area contributed by atoms with E-state index in [-0.39, 0.29) is 11.8 Å². The van der Waals surface area contributed by atoms with E-state index in [1.165, 1.54) is 4.90 Å². The first kappa shape index (κ1) is 17.0. The third-order valence-corrected chi connectivity index (χ3v) is 4.73. The van der Waals surface area contributed by atoms with E-state index in [4.69, 9.17) is 0 Å². The average Bonchev–Trinajstić information content (AvgIpc) is 2.93. The Morgan fingerprint density at radius 2 is 1.52 bits per heavy atom. The zero-order valence-corrected chi connectivity index (χ0v) is 15.1. The summed E-state index contributed by atoms with van der Waals surface area (Å²) < 4.78 is 0. The summed E-state index contributed by atoms with van der Waals surface area (Å²) in [6.07, 6.45) is 0.723. The van der Waals surface area contributed by atoms with Gasteiger partial charge in [0.15, 0.2) is 0 Å². The summed E-state index contributed by atoms with van der Waals surface area (Å²) in [5, 5.41) is 5.35. The minimum atomic E-state index is -0.270. The Morgan fingerprint density at radius 3 is 2.30 bits per heavy atom. The molecule has 0 spiro atoms. The Hall–Kier alpha value is -3.40. The molecular formula is C23H20N2O2. The van der Waals surface area contributed by atoms with Crippen molar-refractivity contribution in [2.45, 2.75) is 13.3 Å². The van der Waals surface area contributed by atoms with Gasteiger partial charge in [0.2, 0.25) is 0 Å². The van der Waals surface area contributed by atoms with Crippen molar-refractivity contribution in [2.75, 3.05) is 11.9 Å². The standard InChI is InChI=1S/C23H20N2O2/c1-2-15-25-22(26)20(17-10-4-3-5-11-17)21(23(25)27)24-19-14-8-12-16-9-6-7-13-18(16)19/h3-14,24H,2,15H2,1H3. The number of rotatable bonds is 5. The lowest BCUT2D eigenvalue weighted by atomic mass is 10.0. The first-order valence-electron chi connectivity index (χ1n) is 9.11. The lowest BCUT2D eigenvalue weighted by molar-refractivity contribution is -0.136. The monoisotopic (exact) mass is 356 g/mol. The van der Waals surface area contributed by atoms with E-state index >= 15 is 0 Å². The molecule has 2 amide bonds. The number of carbonyl (C=O) groups is 2. The number of nitrogens with zero attached hydrogens (tertiary/aromatic N) is 1. The fraction of sp³-hybridized carbons (Fsp3) is 0.130. The largest absolute Gasteiger partial charge is 0.350 e. The first-order valence-corrected chi connectivity index (χ1v) is 9.11. The summed E-state index contributed by atoms with van der Waals surface area (Å²) in [4.78, 5) is 27.3. The molecule has 4 nitrogen and oxygen atoms in total. The maximum atomic E-state index is 13.0. The Bertz CT molecular complexity index is 1050. The fourth-order valence-electron chi connectivity index (χ4n) is 3.46. The summed E-state index contributed by atoms with van der Waals surface area (Å²) in [5.74, 6) is -0.510. The van der Waals surface area contributed by atoms with Crippen LogP contribution in [0.4, 0.5) is 5.69 Å². The molecule has 1 N–H and O–H groups in total. The van der Waals surface area contributed by atoms with E-state index in [1.54, 1.807) is 0 Å². The quantitative estimate of drug-likeness (QED) is 0.688. The van der Waals surface area contributed by atoms with Crippen LogP contribution in [0, 0.1) is 0 Å². The van der Waals surface area contributed by atoms with Crippen molar-refractivity contribution in [2.24, 2.45) is 0 Å². The molecule has 0 bridgehead atoms. The van der Waals surface area contributed by atoms with Gasteiger partial charge in [-0.1, -0.05) is 73.7 Å². The molecule has 3 aromatic carbocycles. The van der Waals surface area contributed by atoms with Crippen LogP contribution in [0.1, 0.15) is 18.9 Å². The zero-order chi connectivity index (χ0) is 18.8. The second-order valence-corrected chi connectivity index (χ2v) is 6.53.